The number of carboxylic acid groups (broad SMARTS) is 1. The molecule has 0 aliphatic carbocycles. The number of amides is 12. The Morgan fingerprint density at radius 2 is 0.903 bits per heavy atom. The summed E-state index contributed by atoms with van der Waals surface area (Å²) in [6.07, 6.45) is 0.953. The third kappa shape index (κ3) is 25.4. The molecule has 12 atom stereocenters. The van der Waals surface area contributed by atoms with Gasteiger partial charge in [-0.25, -0.2) is 4.79 Å². The predicted molar refractivity (Wildman–Crippen MR) is 335 cm³/mol. The molecular formula is C61H100N14O18. The number of carbonyl (C=O) groups excluding carboxylic acids is 12. The van der Waals surface area contributed by atoms with Crippen molar-refractivity contribution in [2.24, 2.45) is 40.9 Å². The minimum absolute atomic E-state index is 0.00293. The summed E-state index contributed by atoms with van der Waals surface area (Å²) < 4.78 is 0. The molecule has 2 aliphatic heterocycles. The van der Waals surface area contributed by atoms with Gasteiger partial charge in [-0.05, 0) is 119 Å². The van der Waals surface area contributed by atoms with Crippen molar-refractivity contribution < 1.29 is 87.9 Å². The van der Waals surface area contributed by atoms with E-state index in [1.807, 2.05) is 0 Å². The van der Waals surface area contributed by atoms with Crippen LogP contribution in [0.15, 0.2) is 24.3 Å². The summed E-state index contributed by atoms with van der Waals surface area (Å²) in [5, 5.41) is 72.8. The Hall–Kier alpha value is -8.07. The average molecular weight is 1320 g/mol. The lowest BCUT2D eigenvalue weighted by Crippen LogP contribution is -2.62. The number of aromatic hydroxyl groups is 1. The quantitative estimate of drug-likeness (QED) is 0.0276. The number of nitrogens with two attached hydrogens (primary N) is 3. The molecule has 2 heterocycles. The van der Waals surface area contributed by atoms with E-state index in [-0.39, 0.29) is 88.1 Å². The first-order chi connectivity index (χ1) is 43.8. The lowest BCUT2D eigenvalue weighted by atomic mass is 9.99. The van der Waals surface area contributed by atoms with Crippen molar-refractivity contribution in [3.63, 3.8) is 0 Å². The van der Waals surface area contributed by atoms with Gasteiger partial charge in [0.15, 0.2) is 0 Å². The number of carboxylic acids is 1. The van der Waals surface area contributed by atoms with Crippen LogP contribution < -0.4 is 65.1 Å². The first-order valence-corrected chi connectivity index (χ1v) is 31.7. The summed E-state index contributed by atoms with van der Waals surface area (Å²) in [4.78, 5) is 179. The van der Waals surface area contributed by atoms with Crippen LogP contribution in [0.1, 0.15) is 132 Å². The fraction of sp³-hybridized carbons (Fsp3) is 0.689. The largest absolute Gasteiger partial charge is 0.508 e. The summed E-state index contributed by atoms with van der Waals surface area (Å²) in [6, 6.07) is -11.0. The van der Waals surface area contributed by atoms with Gasteiger partial charge in [-0.3, -0.25) is 57.5 Å². The highest BCUT2D eigenvalue weighted by Crippen LogP contribution is 2.23. The molecule has 0 spiro atoms. The third-order valence-corrected chi connectivity index (χ3v) is 15.7. The molecule has 32 heteroatoms. The number of aliphatic hydroxyl groups excluding tert-OH is 3. The number of aliphatic hydroxyl groups is 3. The number of phenols is 1. The van der Waals surface area contributed by atoms with E-state index in [0.717, 1.165) is 4.90 Å². The first-order valence-electron chi connectivity index (χ1n) is 31.7. The zero-order valence-corrected chi connectivity index (χ0v) is 54.4. The van der Waals surface area contributed by atoms with Crippen molar-refractivity contribution in [1.82, 2.24) is 57.7 Å². The maximum Gasteiger partial charge on any atom is 0.326 e. The molecule has 0 saturated carbocycles. The lowest BCUT2D eigenvalue weighted by Gasteiger charge is -2.32. The number of nitrogens with zero attached hydrogens (tertiary/aromatic N) is 2. The normalized spacial score (nSPS) is 17.9. The number of likely N-dealkylation sites (tertiary alicyclic amines) is 2. The van der Waals surface area contributed by atoms with Gasteiger partial charge in [-0.1, -0.05) is 67.5 Å². The summed E-state index contributed by atoms with van der Waals surface area (Å²) in [6.45, 7) is 11.1. The first kappa shape index (κ1) is 79.2. The topological polar surface area (TPSA) is 516 Å². The Morgan fingerprint density at radius 1 is 0.505 bits per heavy atom. The lowest BCUT2D eigenvalue weighted by molar-refractivity contribution is -0.149. The van der Waals surface area contributed by atoms with Crippen molar-refractivity contribution in [3.05, 3.63) is 29.8 Å². The van der Waals surface area contributed by atoms with Crippen molar-refractivity contribution in [3.8, 4) is 5.75 Å². The van der Waals surface area contributed by atoms with E-state index in [1.165, 1.54) is 17.0 Å². The van der Waals surface area contributed by atoms with Crippen LogP contribution in [0, 0.1) is 23.7 Å². The van der Waals surface area contributed by atoms with Gasteiger partial charge < -0.3 is 100 Å². The molecule has 0 radical (unpaired) electrons. The number of hydrogen-bond donors (Lipinski definition) is 17. The standard InChI is InChI=1S/C61H100N14O18/c1-31(2)23-39(53(84)72-45(30-78)56(87)73-49(34(7)8)58(89)67-40(24-32(3)4)52(83)69-42(27-48(64)80)60(91)75-22-12-15-47(75)61(92)93)66-57(88)46-14-11-21-74(46)59(90)41(25-33(5)6)68-55(86)44(29-77)71-51(82)38(13-9-10-20-62)65-54(85)43(28-76)70-50(81)37(63)26-35-16-18-36(79)19-17-35/h16-19,31-34,37-47,49,76-79H,9-15,20-30,62-63H2,1-8H3,(H2,64,80)(H,65,85)(H,66,88)(H,67,89)(H,68,86)(H,69,83)(H,70,81)(H,71,82)(H,72,84)(H,73,87)(H,92,93)/t37-,38-,39-,40-,41-,42-,43-,44-,45-,46-,47-,49-/m0/s1. The van der Waals surface area contributed by atoms with Gasteiger partial charge in [-0.2, -0.15) is 0 Å². The Morgan fingerprint density at radius 3 is 1.38 bits per heavy atom. The average Bonchev–Trinajstić information content (AvgIpc) is 1.83. The number of primary amides is 1. The molecule has 1 aromatic carbocycles. The van der Waals surface area contributed by atoms with E-state index in [9.17, 15) is 87.9 Å². The third-order valence-electron chi connectivity index (χ3n) is 15.7. The Kier molecular flexibility index (Phi) is 33.1. The monoisotopic (exact) mass is 1320 g/mol. The molecule has 522 valence electrons. The summed E-state index contributed by atoms with van der Waals surface area (Å²) >= 11 is 0. The van der Waals surface area contributed by atoms with Crippen molar-refractivity contribution >= 4 is 76.9 Å². The molecule has 2 fully saturated rings. The van der Waals surface area contributed by atoms with Gasteiger partial charge in [0.1, 0.15) is 72.2 Å². The number of unbranched alkanes of at least 4 members (excludes halogenated alkanes) is 1. The number of hydrogen-bond acceptors (Lipinski definition) is 19. The van der Waals surface area contributed by atoms with Gasteiger partial charge in [-0.15, -0.1) is 0 Å². The zero-order chi connectivity index (χ0) is 70.0. The van der Waals surface area contributed by atoms with E-state index in [1.54, 1.807) is 67.5 Å². The second-order valence-electron chi connectivity index (χ2n) is 25.3. The summed E-state index contributed by atoms with van der Waals surface area (Å²) in [7, 11) is 0. The highest BCUT2D eigenvalue weighted by molar-refractivity contribution is 6.00. The molecule has 32 nitrogen and oxygen atoms in total. The van der Waals surface area contributed by atoms with Crippen molar-refractivity contribution in [2.45, 2.75) is 205 Å². The minimum Gasteiger partial charge on any atom is -0.508 e. The van der Waals surface area contributed by atoms with Crippen LogP contribution in [0.3, 0.4) is 0 Å². The molecule has 2 aliphatic rings. The fourth-order valence-corrected chi connectivity index (χ4v) is 10.8. The van der Waals surface area contributed by atoms with Gasteiger partial charge >= 0.3 is 5.97 Å². The van der Waals surface area contributed by atoms with Crippen LogP contribution >= 0.6 is 0 Å². The van der Waals surface area contributed by atoms with Crippen LogP contribution in [-0.4, -0.2) is 224 Å². The van der Waals surface area contributed by atoms with Crippen LogP contribution in [-0.2, 0) is 68.7 Å². The van der Waals surface area contributed by atoms with Gasteiger partial charge in [0, 0.05) is 13.1 Å². The number of nitrogens with one attached hydrogen (secondary N) is 9. The summed E-state index contributed by atoms with van der Waals surface area (Å²) in [5.74, 6) is -13.5. The Labute approximate surface area is 541 Å². The Balaban J connectivity index is 1.75. The second kappa shape index (κ2) is 38.8. The Bertz CT molecular complexity index is 2740. The molecule has 0 unspecified atom stereocenters. The van der Waals surface area contributed by atoms with E-state index < -0.39 is 182 Å². The highest BCUT2D eigenvalue weighted by Gasteiger charge is 2.43. The van der Waals surface area contributed by atoms with Gasteiger partial charge in [0.25, 0.3) is 0 Å². The number of carbonyl (C=O) groups is 13. The molecular weight excluding hydrogens is 1220 g/mol. The van der Waals surface area contributed by atoms with E-state index in [4.69, 9.17) is 17.2 Å². The van der Waals surface area contributed by atoms with Crippen LogP contribution in [0.2, 0.25) is 0 Å². The minimum atomic E-state index is -1.71. The molecule has 0 aromatic heterocycles. The van der Waals surface area contributed by atoms with Crippen molar-refractivity contribution in [1.29, 1.82) is 0 Å². The maximum absolute atomic E-state index is 14.5. The number of benzene rings is 1. The van der Waals surface area contributed by atoms with Crippen LogP contribution in [0.25, 0.3) is 0 Å². The molecule has 93 heavy (non-hydrogen) atoms. The SMILES string of the molecule is CC(C)C[C@H](NC(=O)[C@@H](NC(=O)[C@H](CO)NC(=O)[C@H](CC(C)C)NC(=O)[C@@H]1CCCN1C(=O)[C@H](CC(C)C)NC(=O)[C@H](CO)NC(=O)[C@H](CCCCN)NC(=O)[C@H](CO)NC(=O)[C@@H](N)Cc1ccc(O)cc1)C(C)C)C(=O)N[C@@H](CC(N)=O)C(=O)N1CCC[C@H]1C(=O)O. The summed E-state index contributed by atoms with van der Waals surface area (Å²) in [5.41, 5.74) is 17.8. The molecule has 12 amide bonds. The highest BCUT2D eigenvalue weighted by atomic mass is 16.4. The zero-order valence-electron chi connectivity index (χ0n) is 54.4. The smallest absolute Gasteiger partial charge is 0.326 e. The van der Waals surface area contributed by atoms with Gasteiger partial charge in [0.05, 0.1) is 32.3 Å². The second-order valence-corrected chi connectivity index (χ2v) is 25.3. The van der Waals surface area contributed by atoms with E-state index in [2.05, 4.69) is 47.9 Å². The fourth-order valence-electron chi connectivity index (χ4n) is 10.8. The molecule has 3 rings (SSSR count). The number of aliphatic carboxylic acids is 1. The molecule has 2 saturated heterocycles. The van der Waals surface area contributed by atoms with Crippen LogP contribution in [0.4, 0.5) is 0 Å². The molecule has 0 bridgehead atoms. The van der Waals surface area contributed by atoms with Gasteiger partial charge in [0.2, 0.25) is 70.9 Å². The number of rotatable bonds is 39. The number of phenolic OH excluding ortho intramolecular Hbond substituents is 1. The maximum atomic E-state index is 14.5. The van der Waals surface area contributed by atoms with E-state index >= 15 is 0 Å². The molecule has 1 aromatic rings. The van der Waals surface area contributed by atoms with E-state index in [0.29, 0.717) is 31.2 Å². The predicted octanol–water partition coefficient (Wildman–Crippen LogP) is -4.53. The molecule has 20 N–H and O–H groups in total. The van der Waals surface area contributed by atoms with Crippen molar-refractivity contribution in [2.75, 3.05) is 39.5 Å². The van der Waals surface area contributed by atoms with Crippen LogP contribution in [0.5, 0.6) is 5.75 Å².